The summed E-state index contributed by atoms with van der Waals surface area (Å²) in [6.07, 6.45) is 6.01. The van der Waals surface area contributed by atoms with Crippen molar-refractivity contribution in [2.75, 3.05) is 20.2 Å². The lowest BCUT2D eigenvalue weighted by Gasteiger charge is -2.19. The molecular formula is C27H29N5O4. The van der Waals surface area contributed by atoms with Gasteiger partial charge in [-0.05, 0) is 31.2 Å². The van der Waals surface area contributed by atoms with Gasteiger partial charge in [0.1, 0.15) is 17.1 Å². The average Bonchev–Trinajstić information content (AvgIpc) is 3.55. The number of carbonyl (C=O) groups is 1. The van der Waals surface area contributed by atoms with Crippen LogP contribution in [-0.4, -0.2) is 45.4 Å². The molecule has 1 N–H and O–H groups in total. The first kappa shape index (κ1) is 23.6. The van der Waals surface area contributed by atoms with Crippen molar-refractivity contribution in [1.29, 1.82) is 0 Å². The van der Waals surface area contributed by atoms with Crippen LogP contribution in [0.25, 0.3) is 5.69 Å². The first-order valence-corrected chi connectivity index (χ1v) is 12.0. The van der Waals surface area contributed by atoms with Crippen molar-refractivity contribution < 1.29 is 13.9 Å². The second-order valence-corrected chi connectivity index (χ2v) is 8.89. The van der Waals surface area contributed by atoms with Crippen LogP contribution in [0.5, 0.6) is 5.75 Å². The van der Waals surface area contributed by atoms with Gasteiger partial charge in [0, 0.05) is 56.1 Å². The summed E-state index contributed by atoms with van der Waals surface area (Å²) in [5.41, 5.74) is 3.00. The molecule has 1 aliphatic heterocycles. The minimum atomic E-state index is -0.326. The molecule has 0 radical (unpaired) electrons. The minimum absolute atomic E-state index is 0.170. The van der Waals surface area contributed by atoms with Gasteiger partial charge in [-0.2, -0.15) is 5.10 Å². The second kappa shape index (κ2) is 10.2. The average molecular weight is 488 g/mol. The molecule has 0 saturated heterocycles. The summed E-state index contributed by atoms with van der Waals surface area (Å²) in [6, 6.07) is 14.6. The van der Waals surface area contributed by atoms with Gasteiger partial charge in [-0.25, -0.2) is 4.68 Å². The Morgan fingerprint density at radius 3 is 2.75 bits per heavy atom. The smallest absolute Gasteiger partial charge is 0.257 e. The van der Waals surface area contributed by atoms with Gasteiger partial charge < -0.3 is 19.0 Å². The number of nitrogens with zero attached hydrogens (tertiary/aromatic N) is 4. The summed E-state index contributed by atoms with van der Waals surface area (Å²) in [7, 11) is 1.48. The van der Waals surface area contributed by atoms with E-state index in [1.165, 1.54) is 13.2 Å². The number of pyridine rings is 1. The van der Waals surface area contributed by atoms with Gasteiger partial charge in [-0.15, -0.1) is 0 Å². The number of ether oxygens (including phenoxy) is 1. The van der Waals surface area contributed by atoms with Gasteiger partial charge in [0.05, 0.1) is 31.3 Å². The number of rotatable bonds is 7. The van der Waals surface area contributed by atoms with E-state index in [0.29, 0.717) is 49.6 Å². The van der Waals surface area contributed by atoms with E-state index < -0.39 is 0 Å². The fraction of sp³-hybridized carbons (Fsp3) is 0.296. The maximum Gasteiger partial charge on any atom is 0.257 e. The van der Waals surface area contributed by atoms with Gasteiger partial charge in [0.2, 0.25) is 0 Å². The molecule has 1 aliphatic rings. The molecule has 0 saturated carbocycles. The molecule has 1 atom stereocenters. The predicted molar refractivity (Wildman–Crippen MR) is 134 cm³/mol. The fourth-order valence-electron chi connectivity index (χ4n) is 4.66. The second-order valence-electron chi connectivity index (χ2n) is 8.89. The monoisotopic (exact) mass is 487 g/mol. The normalized spacial score (nSPS) is 14.6. The van der Waals surface area contributed by atoms with Crippen molar-refractivity contribution in [3.8, 4) is 11.4 Å². The standard InChI is InChI=1S/C27H29N5O4/c1-19(23-9-6-14-36-23)29-27(34)26-22-10-11-30(12-13-31(22)25(33)15-24(26)35-2)17-20-16-28-32(18-20)21-7-4-3-5-8-21/h3-9,14-16,18-19H,10-13,17H2,1-2H3,(H,29,34)/t19-/m1/s1. The van der Waals surface area contributed by atoms with E-state index in [1.807, 2.05) is 60.4 Å². The predicted octanol–water partition coefficient (Wildman–Crippen LogP) is 3.18. The Hall–Kier alpha value is -4.11. The largest absolute Gasteiger partial charge is 0.496 e. The highest BCUT2D eigenvalue weighted by Gasteiger charge is 2.26. The maximum atomic E-state index is 13.4. The van der Waals surface area contributed by atoms with E-state index in [9.17, 15) is 9.59 Å². The first-order chi connectivity index (χ1) is 17.5. The number of furan rings is 1. The fourth-order valence-corrected chi connectivity index (χ4v) is 4.66. The van der Waals surface area contributed by atoms with Crippen LogP contribution in [0.4, 0.5) is 0 Å². The maximum absolute atomic E-state index is 13.4. The number of methoxy groups -OCH3 is 1. The molecule has 9 nitrogen and oxygen atoms in total. The Labute approximate surface area is 208 Å². The van der Waals surface area contributed by atoms with Crippen molar-refractivity contribution in [2.24, 2.45) is 0 Å². The van der Waals surface area contributed by atoms with E-state index in [1.54, 1.807) is 16.9 Å². The van der Waals surface area contributed by atoms with E-state index in [0.717, 1.165) is 11.3 Å². The third-order valence-corrected chi connectivity index (χ3v) is 6.51. The highest BCUT2D eigenvalue weighted by atomic mass is 16.5. The molecule has 4 heterocycles. The van der Waals surface area contributed by atoms with E-state index in [-0.39, 0.29) is 23.3 Å². The molecule has 1 aromatic carbocycles. The quantitative estimate of drug-likeness (QED) is 0.430. The van der Waals surface area contributed by atoms with Crippen LogP contribution in [0.1, 0.15) is 40.3 Å². The van der Waals surface area contributed by atoms with Crippen molar-refractivity contribution in [1.82, 2.24) is 24.6 Å². The van der Waals surface area contributed by atoms with E-state index in [2.05, 4.69) is 15.3 Å². The Morgan fingerprint density at radius 2 is 2.00 bits per heavy atom. The number of hydrogen-bond acceptors (Lipinski definition) is 6. The molecule has 3 aromatic heterocycles. The Bertz CT molecular complexity index is 1390. The van der Waals surface area contributed by atoms with Crippen LogP contribution in [0.2, 0.25) is 0 Å². The molecule has 9 heteroatoms. The van der Waals surface area contributed by atoms with Gasteiger partial charge in [-0.3, -0.25) is 14.5 Å². The molecule has 0 spiro atoms. The van der Waals surface area contributed by atoms with Gasteiger partial charge >= 0.3 is 0 Å². The molecule has 186 valence electrons. The zero-order chi connectivity index (χ0) is 25.1. The SMILES string of the molecule is COc1cc(=O)n2c(c1C(=O)N[C@H](C)c1ccco1)CCN(Cc1cnn(-c3ccccc3)c1)CC2. The summed E-state index contributed by atoms with van der Waals surface area (Å²) in [6.45, 7) is 4.41. The van der Waals surface area contributed by atoms with Crippen molar-refractivity contribution in [3.63, 3.8) is 0 Å². The molecule has 0 bridgehead atoms. The molecular weight excluding hydrogens is 458 g/mol. The van der Waals surface area contributed by atoms with Crippen molar-refractivity contribution in [3.05, 3.63) is 100 Å². The van der Waals surface area contributed by atoms with Gasteiger partial charge in [0.15, 0.2) is 0 Å². The minimum Gasteiger partial charge on any atom is -0.496 e. The topological polar surface area (TPSA) is 94.5 Å². The van der Waals surface area contributed by atoms with Gasteiger partial charge in [0.25, 0.3) is 11.5 Å². The summed E-state index contributed by atoms with van der Waals surface area (Å²) >= 11 is 0. The lowest BCUT2D eigenvalue weighted by molar-refractivity contribution is 0.0930. The van der Waals surface area contributed by atoms with Crippen LogP contribution in [0.3, 0.4) is 0 Å². The lowest BCUT2D eigenvalue weighted by atomic mass is 10.1. The highest BCUT2D eigenvalue weighted by molar-refractivity contribution is 5.98. The van der Waals surface area contributed by atoms with Crippen LogP contribution < -0.4 is 15.6 Å². The number of fused-ring (bicyclic) bond motifs is 1. The van der Waals surface area contributed by atoms with Crippen LogP contribution in [-0.2, 0) is 19.5 Å². The third kappa shape index (κ3) is 4.83. The van der Waals surface area contributed by atoms with Crippen molar-refractivity contribution >= 4 is 5.91 Å². The highest BCUT2D eigenvalue weighted by Crippen LogP contribution is 2.24. The Kier molecular flexibility index (Phi) is 6.73. The van der Waals surface area contributed by atoms with Crippen LogP contribution in [0.15, 0.2) is 76.4 Å². The number of benzene rings is 1. The lowest BCUT2D eigenvalue weighted by Crippen LogP contribution is -2.32. The molecule has 0 aliphatic carbocycles. The molecule has 1 amide bonds. The zero-order valence-electron chi connectivity index (χ0n) is 20.4. The number of nitrogens with one attached hydrogen (secondary N) is 1. The van der Waals surface area contributed by atoms with Crippen LogP contribution >= 0.6 is 0 Å². The number of hydrogen-bond donors (Lipinski definition) is 1. The number of carbonyl (C=O) groups excluding carboxylic acids is 1. The third-order valence-electron chi connectivity index (χ3n) is 6.51. The van der Waals surface area contributed by atoms with Crippen LogP contribution in [0, 0.1) is 0 Å². The Morgan fingerprint density at radius 1 is 1.17 bits per heavy atom. The number of aromatic nitrogens is 3. The molecule has 0 fully saturated rings. The molecule has 0 unspecified atom stereocenters. The van der Waals surface area contributed by atoms with E-state index >= 15 is 0 Å². The number of amides is 1. The molecule has 5 rings (SSSR count). The first-order valence-electron chi connectivity index (χ1n) is 12.0. The molecule has 36 heavy (non-hydrogen) atoms. The molecule has 4 aromatic rings. The summed E-state index contributed by atoms with van der Waals surface area (Å²) in [5.74, 6) is 0.647. The summed E-state index contributed by atoms with van der Waals surface area (Å²) in [5, 5.41) is 7.48. The van der Waals surface area contributed by atoms with E-state index in [4.69, 9.17) is 9.15 Å². The van der Waals surface area contributed by atoms with Crippen molar-refractivity contribution in [2.45, 2.75) is 32.5 Å². The summed E-state index contributed by atoms with van der Waals surface area (Å²) in [4.78, 5) is 28.5. The Balaban J connectivity index is 1.36. The van der Waals surface area contributed by atoms with Gasteiger partial charge in [-0.1, -0.05) is 18.2 Å². The summed E-state index contributed by atoms with van der Waals surface area (Å²) < 4.78 is 14.5. The number of para-hydroxylation sites is 1. The zero-order valence-corrected chi connectivity index (χ0v) is 20.4.